The van der Waals surface area contributed by atoms with Crippen molar-refractivity contribution in [1.82, 2.24) is 0 Å². The summed E-state index contributed by atoms with van der Waals surface area (Å²) >= 11 is 3.19. The molecule has 1 saturated heterocycles. The van der Waals surface area contributed by atoms with Gasteiger partial charge in [-0.3, -0.25) is 24.1 Å². The number of benzene rings is 2. The highest BCUT2D eigenvalue weighted by Gasteiger charge is 2.57. The quantitative estimate of drug-likeness (QED) is 0.303. The number of carbonyl (C=O) groups is 5. The molecule has 3 aliphatic carbocycles. The molecule has 2 amide bonds. The lowest BCUT2D eigenvalue weighted by atomic mass is 9.59. The van der Waals surface area contributed by atoms with E-state index < -0.39 is 47.2 Å². The number of anilines is 1. The molecule has 1 aliphatic heterocycles. The zero-order valence-corrected chi connectivity index (χ0v) is 22.7. The summed E-state index contributed by atoms with van der Waals surface area (Å²) in [6.07, 6.45) is 3.31. The molecule has 4 aliphatic rings. The van der Waals surface area contributed by atoms with Crippen molar-refractivity contribution >= 4 is 51.0 Å². The van der Waals surface area contributed by atoms with Crippen LogP contribution in [0.2, 0.25) is 0 Å². The minimum absolute atomic E-state index is 0.0598. The van der Waals surface area contributed by atoms with Gasteiger partial charge in [-0.25, -0.2) is 4.79 Å². The number of Topliss-reactive ketones (excluding diaryl/α,β-unsaturated/α-hetero) is 1. The molecule has 0 bridgehead atoms. The number of carboxylic acids is 1. The van der Waals surface area contributed by atoms with E-state index in [0.717, 1.165) is 4.90 Å². The average Bonchev–Trinajstić information content (AvgIpc) is 3.20. The van der Waals surface area contributed by atoms with E-state index in [9.17, 15) is 34.2 Å². The number of ether oxygens (including phenoxy) is 1. The fourth-order valence-electron chi connectivity index (χ4n) is 6.57. The summed E-state index contributed by atoms with van der Waals surface area (Å²) in [5, 5.41) is 20.4. The van der Waals surface area contributed by atoms with Crippen molar-refractivity contribution in [3.8, 4) is 11.5 Å². The predicted molar refractivity (Wildman–Crippen MR) is 145 cm³/mol. The van der Waals surface area contributed by atoms with E-state index in [4.69, 9.17) is 4.74 Å². The average molecular weight is 604 g/mol. The van der Waals surface area contributed by atoms with Crippen LogP contribution in [-0.2, 0) is 19.2 Å². The zero-order valence-electron chi connectivity index (χ0n) is 21.1. The molecule has 2 aromatic rings. The maximum Gasteiger partial charge on any atom is 0.335 e. The van der Waals surface area contributed by atoms with Gasteiger partial charge in [-0.15, -0.1) is 0 Å². The van der Waals surface area contributed by atoms with E-state index >= 15 is 0 Å². The van der Waals surface area contributed by atoms with Crippen LogP contribution in [0.5, 0.6) is 11.5 Å². The number of nitrogens with zero attached hydrogens (tertiary/aromatic N) is 1. The number of rotatable bonds is 4. The molecule has 4 unspecified atom stereocenters. The number of carboxylic acid groups (broad SMARTS) is 1. The number of hydrogen-bond donors (Lipinski definition) is 2. The molecule has 4 atom stereocenters. The maximum atomic E-state index is 14.0. The monoisotopic (exact) mass is 603 g/mol. The van der Waals surface area contributed by atoms with Crippen LogP contribution in [0.15, 0.2) is 75.8 Å². The zero-order chi connectivity index (χ0) is 28.5. The number of ketones is 2. The summed E-state index contributed by atoms with van der Waals surface area (Å²) in [5.41, 5.74) is 1.52. The van der Waals surface area contributed by atoms with Crippen molar-refractivity contribution in [1.29, 1.82) is 0 Å². The number of allylic oxidation sites excluding steroid dienone is 6. The lowest BCUT2D eigenvalue weighted by Crippen LogP contribution is -2.39. The van der Waals surface area contributed by atoms with Crippen molar-refractivity contribution in [2.24, 2.45) is 17.8 Å². The molecule has 2 N–H and O–H groups in total. The van der Waals surface area contributed by atoms with E-state index in [1.165, 1.54) is 43.5 Å². The number of halogens is 1. The summed E-state index contributed by atoms with van der Waals surface area (Å²) in [4.78, 5) is 66.9. The Morgan fingerprint density at radius 2 is 1.80 bits per heavy atom. The van der Waals surface area contributed by atoms with Crippen molar-refractivity contribution in [3.63, 3.8) is 0 Å². The topological polar surface area (TPSA) is 138 Å². The van der Waals surface area contributed by atoms with Crippen molar-refractivity contribution in [2.45, 2.75) is 18.8 Å². The van der Waals surface area contributed by atoms with Gasteiger partial charge in [0.05, 0.1) is 34.7 Å². The molecule has 0 radical (unpaired) electrons. The molecule has 10 heteroatoms. The van der Waals surface area contributed by atoms with Gasteiger partial charge in [0.15, 0.2) is 11.6 Å². The smallest absolute Gasteiger partial charge is 0.335 e. The fourth-order valence-corrected chi connectivity index (χ4v) is 7.02. The van der Waals surface area contributed by atoms with Crippen LogP contribution >= 0.6 is 15.9 Å². The Morgan fingerprint density at radius 1 is 1.05 bits per heavy atom. The minimum Gasteiger partial charge on any atom is -0.507 e. The third-order valence-electron chi connectivity index (χ3n) is 8.23. The van der Waals surface area contributed by atoms with E-state index in [-0.39, 0.29) is 51.3 Å². The number of fused-ring (bicyclic) bond motifs is 3. The van der Waals surface area contributed by atoms with Gasteiger partial charge in [-0.05, 0) is 65.0 Å². The lowest BCUT2D eigenvalue weighted by Gasteiger charge is -2.42. The Bertz CT molecular complexity index is 1650. The number of phenols is 1. The Balaban J connectivity index is 1.51. The molecule has 1 heterocycles. The minimum atomic E-state index is -1.19. The van der Waals surface area contributed by atoms with E-state index in [0.29, 0.717) is 16.9 Å². The Labute approximate surface area is 236 Å². The Hall–Kier alpha value is -4.31. The van der Waals surface area contributed by atoms with Crippen LogP contribution in [0.1, 0.15) is 34.7 Å². The van der Waals surface area contributed by atoms with E-state index in [1.54, 1.807) is 12.1 Å². The lowest BCUT2D eigenvalue weighted by molar-refractivity contribution is -0.123. The highest BCUT2D eigenvalue weighted by Crippen LogP contribution is 2.57. The standard InChI is InChI=1S/C30H22BrNO8/c1-40-22-7-3-6-20(33)26(22)25-15-8-9-16-23(17(15)11-18-24(25)21(34)12-19(31)27(18)35)29(37)32(28(16)36)14-5-2-4-13(10-14)30(38)39/h2-8,10,12,16-17,23,25,33H,9,11H2,1H3,(H,38,39). The highest BCUT2D eigenvalue weighted by molar-refractivity contribution is 9.12. The summed E-state index contributed by atoms with van der Waals surface area (Å²) in [6.45, 7) is 0. The number of aromatic carboxylic acids is 1. The van der Waals surface area contributed by atoms with E-state index in [2.05, 4.69) is 15.9 Å². The number of imide groups is 1. The third-order valence-corrected chi connectivity index (χ3v) is 8.82. The fraction of sp³-hybridized carbons (Fsp3) is 0.233. The van der Waals surface area contributed by atoms with Crippen LogP contribution in [0.4, 0.5) is 5.69 Å². The van der Waals surface area contributed by atoms with Gasteiger partial charge in [-0.2, -0.15) is 0 Å². The predicted octanol–water partition coefficient (Wildman–Crippen LogP) is 4.07. The second-order valence-corrected chi connectivity index (χ2v) is 11.0. The Morgan fingerprint density at radius 3 is 2.52 bits per heavy atom. The van der Waals surface area contributed by atoms with Crippen LogP contribution < -0.4 is 9.64 Å². The van der Waals surface area contributed by atoms with Gasteiger partial charge in [-0.1, -0.05) is 23.8 Å². The first-order valence-corrected chi connectivity index (χ1v) is 13.4. The van der Waals surface area contributed by atoms with Gasteiger partial charge in [0.25, 0.3) is 0 Å². The highest BCUT2D eigenvalue weighted by atomic mass is 79.9. The number of amides is 2. The normalized spacial score (nSPS) is 25.7. The Kier molecular flexibility index (Phi) is 6.10. The molecule has 9 nitrogen and oxygen atoms in total. The first-order chi connectivity index (χ1) is 19.1. The van der Waals surface area contributed by atoms with Crippen LogP contribution in [0.3, 0.4) is 0 Å². The summed E-state index contributed by atoms with van der Waals surface area (Å²) in [7, 11) is 1.44. The first kappa shape index (κ1) is 25.9. The maximum absolute atomic E-state index is 14.0. The van der Waals surface area contributed by atoms with Crippen LogP contribution in [0, 0.1) is 17.8 Å². The third kappa shape index (κ3) is 3.70. The molecular weight excluding hydrogens is 582 g/mol. The number of hydrogen-bond acceptors (Lipinski definition) is 7. The van der Waals surface area contributed by atoms with Gasteiger partial charge in [0.2, 0.25) is 11.8 Å². The molecule has 202 valence electrons. The van der Waals surface area contributed by atoms with Gasteiger partial charge < -0.3 is 14.9 Å². The number of phenolic OH excluding ortho intramolecular Hbond substituents is 1. The molecule has 1 fully saturated rings. The summed E-state index contributed by atoms with van der Waals surface area (Å²) in [6, 6.07) is 10.4. The molecule has 0 spiro atoms. The molecule has 2 aromatic carbocycles. The SMILES string of the molecule is COc1cccc(O)c1C1C2=CCC3C(=O)N(c4cccc(C(=O)O)c4)C(=O)C3C2CC2=C1C(=O)C=C(Br)C2=O. The summed E-state index contributed by atoms with van der Waals surface area (Å²) < 4.78 is 5.64. The molecule has 40 heavy (non-hydrogen) atoms. The van der Waals surface area contributed by atoms with Gasteiger partial charge in [0.1, 0.15) is 11.5 Å². The molecule has 0 aromatic heterocycles. The largest absolute Gasteiger partial charge is 0.507 e. The molecule has 6 rings (SSSR count). The van der Waals surface area contributed by atoms with Crippen molar-refractivity contribution in [2.75, 3.05) is 12.0 Å². The number of aromatic hydroxyl groups is 1. The molecule has 0 saturated carbocycles. The second-order valence-electron chi connectivity index (χ2n) is 10.2. The van der Waals surface area contributed by atoms with Crippen LogP contribution in [-0.4, -0.2) is 46.7 Å². The van der Waals surface area contributed by atoms with Gasteiger partial charge in [0, 0.05) is 28.7 Å². The van der Waals surface area contributed by atoms with Crippen LogP contribution in [0.25, 0.3) is 0 Å². The number of methoxy groups -OCH3 is 1. The van der Waals surface area contributed by atoms with E-state index in [1.807, 2.05) is 6.08 Å². The second kappa shape index (κ2) is 9.41. The van der Waals surface area contributed by atoms with Crippen molar-refractivity contribution < 1.29 is 38.9 Å². The molecular formula is C30H22BrNO8. The van der Waals surface area contributed by atoms with Gasteiger partial charge >= 0.3 is 5.97 Å². The number of carbonyl (C=O) groups excluding carboxylic acids is 4. The first-order valence-electron chi connectivity index (χ1n) is 12.6. The van der Waals surface area contributed by atoms with Crippen molar-refractivity contribution in [3.05, 3.63) is 86.9 Å². The summed E-state index contributed by atoms with van der Waals surface area (Å²) in [5.74, 6) is -5.78.